The molecule has 0 aliphatic carbocycles. The fourth-order valence-electron chi connectivity index (χ4n) is 9.08. The van der Waals surface area contributed by atoms with Gasteiger partial charge in [0.05, 0.1) is 28.2 Å². The molecule has 2 aliphatic rings. The molecule has 0 saturated carbocycles. The van der Waals surface area contributed by atoms with Crippen molar-refractivity contribution in [3.63, 3.8) is 0 Å². The van der Waals surface area contributed by atoms with Gasteiger partial charge in [0.1, 0.15) is 0 Å². The van der Waals surface area contributed by atoms with Crippen LogP contribution in [0.2, 0.25) is 0 Å². The predicted molar refractivity (Wildman–Crippen MR) is 214 cm³/mol. The average molecular weight is 665 g/mol. The number of para-hydroxylation sites is 1. The van der Waals surface area contributed by atoms with Crippen LogP contribution in [0.25, 0.3) is 22.4 Å². The van der Waals surface area contributed by atoms with Crippen molar-refractivity contribution in [2.75, 3.05) is 4.90 Å². The topological polar surface area (TPSA) is 16.1 Å². The Bertz CT molecular complexity index is 2520. The van der Waals surface area contributed by atoms with Gasteiger partial charge in [0.2, 0.25) is 0 Å². The molecule has 2 aliphatic heterocycles. The summed E-state index contributed by atoms with van der Waals surface area (Å²) in [5, 5.41) is 0. The summed E-state index contributed by atoms with van der Waals surface area (Å²) in [7, 11) is 0. The Kier molecular flexibility index (Phi) is 6.87. The SMILES string of the molecule is CC1(c2ccccc2)c2ccc(-c3ccccn3)cc2N2c3cc(-c4ccccc4)ccc3C(c3ccccc3)(c3ccccc3)c3cccc1c32. The van der Waals surface area contributed by atoms with Crippen LogP contribution in [-0.2, 0) is 10.8 Å². The summed E-state index contributed by atoms with van der Waals surface area (Å²) >= 11 is 0. The van der Waals surface area contributed by atoms with Crippen LogP contribution in [0.4, 0.5) is 17.1 Å². The normalized spacial score (nSPS) is 16.4. The van der Waals surface area contributed by atoms with E-state index < -0.39 is 10.8 Å². The zero-order chi connectivity index (χ0) is 34.7. The van der Waals surface area contributed by atoms with Crippen LogP contribution in [0.15, 0.2) is 200 Å². The van der Waals surface area contributed by atoms with Crippen molar-refractivity contribution >= 4 is 17.1 Å². The number of nitrogens with zero attached hydrogens (tertiary/aromatic N) is 2. The van der Waals surface area contributed by atoms with E-state index in [1.54, 1.807) is 0 Å². The first kappa shape index (κ1) is 30.3. The van der Waals surface area contributed by atoms with Crippen LogP contribution in [0, 0.1) is 0 Å². The van der Waals surface area contributed by atoms with E-state index in [4.69, 9.17) is 4.98 Å². The fraction of sp³-hybridized carbons (Fsp3) is 0.0600. The van der Waals surface area contributed by atoms with Gasteiger partial charge in [-0.05, 0) is 81.3 Å². The molecular weight excluding hydrogens is 629 g/mol. The molecule has 0 fully saturated rings. The molecule has 0 radical (unpaired) electrons. The monoisotopic (exact) mass is 664 g/mol. The smallest absolute Gasteiger partial charge is 0.0742 e. The minimum Gasteiger partial charge on any atom is -0.309 e. The van der Waals surface area contributed by atoms with E-state index in [0.29, 0.717) is 0 Å². The van der Waals surface area contributed by atoms with Crippen molar-refractivity contribution in [2.24, 2.45) is 0 Å². The molecule has 0 bridgehead atoms. The summed E-state index contributed by atoms with van der Waals surface area (Å²) in [6.45, 7) is 2.41. The zero-order valence-corrected chi connectivity index (χ0v) is 28.9. The van der Waals surface area contributed by atoms with Gasteiger partial charge < -0.3 is 4.90 Å². The first-order chi connectivity index (χ1) is 25.7. The van der Waals surface area contributed by atoms with E-state index in [1.165, 1.54) is 67.1 Å². The van der Waals surface area contributed by atoms with Crippen LogP contribution < -0.4 is 4.90 Å². The Morgan fingerprint density at radius 2 is 0.942 bits per heavy atom. The largest absolute Gasteiger partial charge is 0.309 e. The molecule has 246 valence electrons. The summed E-state index contributed by atoms with van der Waals surface area (Å²) in [5.74, 6) is 0. The second kappa shape index (κ2) is 11.8. The number of aromatic nitrogens is 1. The molecule has 0 amide bonds. The molecule has 52 heavy (non-hydrogen) atoms. The molecule has 0 saturated heterocycles. The van der Waals surface area contributed by atoms with Crippen LogP contribution in [0.5, 0.6) is 0 Å². The van der Waals surface area contributed by atoms with Crippen LogP contribution in [0.1, 0.15) is 45.9 Å². The maximum absolute atomic E-state index is 4.80. The third kappa shape index (κ3) is 4.28. The number of hydrogen-bond acceptors (Lipinski definition) is 2. The molecule has 7 aromatic carbocycles. The molecule has 0 spiro atoms. The third-order valence-electron chi connectivity index (χ3n) is 11.5. The number of rotatable bonds is 5. The highest BCUT2D eigenvalue weighted by Crippen LogP contribution is 2.64. The molecule has 1 unspecified atom stereocenters. The van der Waals surface area contributed by atoms with Crippen LogP contribution in [-0.4, -0.2) is 4.98 Å². The maximum atomic E-state index is 4.80. The molecule has 10 rings (SSSR count). The summed E-state index contributed by atoms with van der Waals surface area (Å²) in [4.78, 5) is 7.37. The number of hydrogen-bond donors (Lipinski definition) is 0. The van der Waals surface area contributed by atoms with Gasteiger partial charge in [-0.15, -0.1) is 0 Å². The maximum Gasteiger partial charge on any atom is 0.0742 e. The van der Waals surface area contributed by atoms with Crippen molar-refractivity contribution in [3.05, 3.63) is 239 Å². The van der Waals surface area contributed by atoms with E-state index in [0.717, 1.165) is 11.3 Å². The Morgan fingerprint density at radius 3 is 1.60 bits per heavy atom. The summed E-state index contributed by atoms with van der Waals surface area (Å²) in [5.41, 5.74) is 15.9. The van der Waals surface area contributed by atoms with Gasteiger partial charge in [0.25, 0.3) is 0 Å². The fourth-order valence-corrected chi connectivity index (χ4v) is 9.08. The Labute approximate surface area is 305 Å². The molecule has 1 atom stereocenters. The minimum absolute atomic E-state index is 0.436. The molecule has 1 aromatic heterocycles. The van der Waals surface area contributed by atoms with Gasteiger partial charge in [0, 0.05) is 17.2 Å². The van der Waals surface area contributed by atoms with E-state index in [9.17, 15) is 0 Å². The Morgan fingerprint density at radius 1 is 0.404 bits per heavy atom. The zero-order valence-electron chi connectivity index (χ0n) is 28.9. The van der Waals surface area contributed by atoms with Gasteiger partial charge in [0.15, 0.2) is 0 Å². The summed E-state index contributed by atoms with van der Waals surface area (Å²) in [6, 6.07) is 71.3. The number of fused-ring (bicyclic) bond motifs is 4. The second-order valence-corrected chi connectivity index (χ2v) is 14.1. The van der Waals surface area contributed by atoms with E-state index in [-0.39, 0.29) is 0 Å². The van der Waals surface area contributed by atoms with Crippen LogP contribution >= 0.6 is 0 Å². The first-order valence-electron chi connectivity index (χ1n) is 18.1. The van der Waals surface area contributed by atoms with E-state index in [2.05, 4.69) is 200 Å². The highest BCUT2D eigenvalue weighted by molar-refractivity contribution is 5.97. The Hall–Kier alpha value is -6.51. The average Bonchev–Trinajstić information content (AvgIpc) is 3.23. The third-order valence-corrected chi connectivity index (χ3v) is 11.5. The lowest BCUT2D eigenvalue weighted by molar-refractivity contribution is 0.660. The van der Waals surface area contributed by atoms with E-state index >= 15 is 0 Å². The lowest BCUT2D eigenvalue weighted by Crippen LogP contribution is -2.42. The van der Waals surface area contributed by atoms with Crippen molar-refractivity contribution in [1.29, 1.82) is 0 Å². The first-order valence-corrected chi connectivity index (χ1v) is 18.1. The standard InChI is InChI=1S/C50H36N2/c1-49(38-19-8-3-9-20-38)41-30-29-37(45-27-14-15-32-51-45)34-46(41)52-47-33-36(35-17-6-2-7-18-35)28-31-42(47)50(39-21-10-4-11-22-39,40-23-12-5-13-24-40)44-26-16-25-43(49)48(44)52/h2-34H,1H3. The molecular formula is C50H36N2. The van der Waals surface area contributed by atoms with Crippen molar-refractivity contribution < 1.29 is 0 Å². The summed E-state index contributed by atoms with van der Waals surface area (Å²) < 4.78 is 0. The highest BCUT2D eigenvalue weighted by Gasteiger charge is 2.52. The number of benzene rings is 7. The number of pyridine rings is 1. The van der Waals surface area contributed by atoms with Gasteiger partial charge in [-0.2, -0.15) is 0 Å². The molecule has 8 aromatic rings. The molecule has 0 N–H and O–H groups in total. The quantitative estimate of drug-likeness (QED) is 0.182. The highest BCUT2D eigenvalue weighted by atomic mass is 15.2. The molecule has 2 heteroatoms. The Balaban J connectivity index is 1.39. The predicted octanol–water partition coefficient (Wildman–Crippen LogP) is 12.2. The lowest BCUT2D eigenvalue weighted by Gasteiger charge is -2.52. The van der Waals surface area contributed by atoms with Gasteiger partial charge in [-0.1, -0.05) is 170 Å². The van der Waals surface area contributed by atoms with Crippen molar-refractivity contribution in [1.82, 2.24) is 4.98 Å². The van der Waals surface area contributed by atoms with Gasteiger partial charge >= 0.3 is 0 Å². The van der Waals surface area contributed by atoms with Gasteiger partial charge in [-0.25, -0.2) is 0 Å². The second-order valence-electron chi connectivity index (χ2n) is 14.1. The van der Waals surface area contributed by atoms with Crippen molar-refractivity contribution in [2.45, 2.75) is 17.8 Å². The van der Waals surface area contributed by atoms with Crippen LogP contribution in [0.3, 0.4) is 0 Å². The molecule has 3 heterocycles. The molecule has 2 nitrogen and oxygen atoms in total. The van der Waals surface area contributed by atoms with Gasteiger partial charge in [-0.3, -0.25) is 4.98 Å². The minimum atomic E-state index is -0.581. The van der Waals surface area contributed by atoms with E-state index in [1.807, 2.05) is 12.3 Å². The van der Waals surface area contributed by atoms with Crippen molar-refractivity contribution in [3.8, 4) is 22.4 Å². The lowest BCUT2D eigenvalue weighted by atomic mass is 9.58. The summed E-state index contributed by atoms with van der Waals surface area (Å²) in [6.07, 6.45) is 1.88. The number of anilines is 3.